The van der Waals surface area contributed by atoms with Crippen molar-refractivity contribution in [3.05, 3.63) is 64.5 Å². The van der Waals surface area contributed by atoms with Crippen LogP contribution in [-0.4, -0.2) is 42.7 Å². The van der Waals surface area contributed by atoms with Crippen molar-refractivity contribution in [1.82, 2.24) is 4.90 Å². The van der Waals surface area contributed by atoms with E-state index in [1.165, 1.54) is 11.6 Å². The first-order chi connectivity index (χ1) is 15.9. The summed E-state index contributed by atoms with van der Waals surface area (Å²) < 4.78 is 25.8. The Morgan fingerprint density at radius 1 is 1.12 bits per heavy atom. The molecular formula is C27H32FNO4. The third kappa shape index (κ3) is 4.49. The van der Waals surface area contributed by atoms with E-state index >= 15 is 0 Å². The fraction of sp³-hybridized carbons (Fsp3) is 0.444. The number of benzene rings is 2. The van der Waals surface area contributed by atoms with Gasteiger partial charge in [-0.3, -0.25) is 4.79 Å². The number of carbonyl (C=O) groups is 1. The number of hydrogen-bond acceptors (Lipinski definition) is 4. The van der Waals surface area contributed by atoms with E-state index in [0.717, 1.165) is 53.9 Å². The number of likely N-dealkylation sites (tertiary alicyclic amines) is 1. The van der Waals surface area contributed by atoms with Crippen LogP contribution in [0.25, 0.3) is 5.57 Å². The van der Waals surface area contributed by atoms with Gasteiger partial charge in [-0.15, -0.1) is 0 Å². The summed E-state index contributed by atoms with van der Waals surface area (Å²) in [7, 11) is 1.64. The van der Waals surface area contributed by atoms with Crippen molar-refractivity contribution in [3.8, 4) is 11.5 Å². The molecule has 0 aromatic heterocycles. The van der Waals surface area contributed by atoms with Crippen LogP contribution in [0.2, 0.25) is 0 Å². The van der Waals surface area contributed by atoms with Crippen LogP contribution in [0.5, 0.6) is 11.5 Å². The molecule has 0 atom stereocenters. The molecule has 0 radical (unpaired) electrons. The minimum Gasteiger partial charge on any atom is -0.497 e. The first kappa shape index (κ1) is 23.3. The van der Waals surface area contributed by atoms with Crippen LogP contribution in [0.1, 0.15) is 56.2 Å². The smallest absolute Gasteiger partial charge is 0.310 e. The van der Waals surface area contributed by atoms with Crippen LogP contribution >= 0.6 is 0 Å². The van der Waals surface area contributed by atoms with E-state index in [1.54, 1.807) is 19.2 Å². The predicted molar refractivity (Wildman–Crippen MR) is 126 cm³/mol. The summed E-state index contributed by atoms with van der Waals surface area (Å²) in [6, 6.07) is 10.6. The fourth-order valence-electron chi connectivity index (χ4n) is 5.07. The first-order valence-corrected chi connectivity index (χ1v) is 11.7. The highest BCUT2D eigenvalue weighted by atomic mass is 19.1. The van der Waals surface area contributed by atoms with E-state index in [4.69, 9.17) is 9.47 Å². The number of halogens is 1. The maximum atomic E-state index is 14.3. The molecule has 6 heteroatoms. The number of carboxylic acids is 1. The number of ether oxygens (including phenoxy) is 2. The van der Waals surface area contributed by atoms with Gasteiger partial charge in [0, 0.05) is 30.8 Å². The Morgan fingerprint density at radius 3 is 2.48 bits per heavy atom. The summed E-state index contributed by atoms with van der Waals surface area (Å²) in [6.07, 6.45) is 2.84. The highest BCUT2D eigenvalue weighted by Crippen LogP contribution is 2.42. The van der Waals surface area contributed by atoms with Crippen LogP contribution in [0.15, 0.2) is 42.0 Å². The van der Waals surface area contributed by atoms with E-state index in [-0.39, 0.29) is 5.82 Å². The lowest BCUT2D eigenvalue weighted by molar-refractivity contribution is -0.150. The van der Waals surface area contributed by atoms with Gasteiger partial charge in [-0.25, -0.2) is 4.39 Å². The highest BCUT2D eigenvalue weighted by molar-refractivity contribution is 5.87. The Balaban J connectivity index is 1.70. The Hall–Kier alpha value is -2.86. The second-order valence-corrected chi connectivity index (χ2v) is 9.00. The van der Waals surface area contributed by atoms with Crippen LogP contribution in [0.4, 0.5) is 4.39 Å². The van der Waals surface area contributed by atoms with Gasteiger partial charge in [0.05, 0.1) is 12.5 Å². The topological polar surface area (TPSA) is 59.0 Å². The Labute approximate surface area is 194 Å². The summed E-state index contributed by atoms with van der Waals surface area (Å²) in [4.78, 5) is 14.2. The van der Waals surface area contributed by atoms with Gasteiger partial charge < -0.3 is 19.5 Å². The van der Waals surface area contributed by atoms with Gasteiger partial charge in [0.25, 0.3) is 0 Å². The molecule has 2 aliphatic rings. The molecule has 1 N–H and O–H groups in total. The number of hydrogen-bond donors (Lipinski definition) is 1. The molecule has 2 aromatic rings. The third-order valence-electron chi connectivity index (χ3n) is 7.32. The summed E-state index contributed by atoms with van der Waals surface area (Å²) in [6.45, 7) is 6.42. The molecule has 2 aliphatic heterocycles. The van der Waals surface area contributed by atoms with Crippen LogP contribution < -0.4 is 9.47 Å². The average Bonchev–Trinajstić information content (AvgIpc) is 2.98. The molecular weight excluding hydrogens is 421 g/mol. The minimum atomic E-state index is -0.718. The van der Waals surface area contributed by atoms with Crippen molar-refractivity contribution in [2.45, 2.75) is 46.1 Å². The van der Waals surface area contributed by atoms with Gasteiger partial charge in [-0.05, 0) is 67.2 Å². The molecule has 5 nitrogen and oxygen atoms in total. The van der Waals surface area contributed by atoms with Crippen LogP contribution in [0, 0.1) is 11.2 Å². The van der Waals surface area contributed by atoms with Crippen molar-refractivity contribution >= 4 is 11.5 Å². The molecule has 0 aliphatic carbocycles. The molecule has 0 unspecified atom stereocenters. The van der Waals surface area contributed by atoms with Crippen LogP contribution in [-0.2, 0) is 11.4 Å². The van der Waals surface area contributed by atoms with E-state index in [9.17, 15) is 14.3 Å². The Morgan fingerprint density at radius 2 is 1.85 bits per heavy atom. The number of carboxylic acid groups (broad SMARTS) is 1. The quantitative estimate of drug-likeness (QED) is 0.625. The van der Waals surface area contributed by atoms with Gasteiger partial charge in [0.15, 0.2) is 0 Å². The number of rotatable bonds is 6. The normalized spacial score (nSPS) is 16.5. The van der Waals surface area contributed by atoms with Gasteiger partial charge >= 0.3 is 5.97 Å². The molecule has 4 rings (SSSR count). The van der Waals surface area contributed by atoms with E-state index in [0.29, 0.717) is 31.7 Å². The lowest BCUT2D eigenvalue weighted by Gasteiger charge is -2.37. The number of fused-ring (bicyclic) bond motifs is 2. The van der Waals surface area contributed by atoms with Crippen molar-refractivity contribution in [2.24, 2.45) is 5.41 Å². The molecule has 1 fully saturated rings. The molecule has 2 heterocycles. The number of piperidine rings is 1. The molecule has 0 spiro atoms. The summed E-state index contributed by atoms with van der Waals surface area (Å²) >= 11 is 0. The molecule has 1 saturated heterocycles. The first-order valence-electron chi connectivity index (χ1n) is 11.7. The maximum Gasteiger partial charge on any atom is 0.310 e. The SMILES string of the molecule is CCC(CC)(CN1CCC(=C2c3ccc(OC)cc3COc3ccc(F)cc32)CC1)C(=O)O. The summed E-state index contributed by atoms with van der Waals surface area (Å²) in [5.74, 6) is 0.433. The third-order valence-corrected chi connectivity index (χ3v) is 7.32. The highest BCUT2D eigenvalue weighted by Gasteiger charge is 2.37. The van der Waals surface area contributed by atoms with E-state index in [2.05, 4.69) is 4.90 Å². The fourth-order valence-corrected chi connectivity index (χ4v) is 5.07. The minimum absolute atomic E-state index is 0.290. The molecule has 0 bridgehead atoms. The number of aliphatic carboxylic acids is 1. The largest absolute Gasteiger partial charge is 0.497 e. The lowest BCUT2D eigenvalue weighted by atomic mass is 9.81. The van der Waals surface area contributed by atoms with E-state index in [1.807, 2.05) is 32.0 Å². The molecule has 0 amide bonds. The second kappa shape index (κ2) is 9.56. The molecule has 33 heavy (non-hydrogen) atoms. The van der Waals surface area contributed by atoms with Crippen molar-refractivity contribution in [1.29, 1.82) is 0 Å². The molecule has 2 aromatic carbocycles. The zero-order chi connectivity index (χ0) is 23.6. The summed E-state index contributed by atoms with van der Waals surface area (Å²) in [5.41, 5.74) is 4.42. The summed E-state index contributed by atoms with van der Waals surface area (Å²) in [5, 5.41) is 9.83. The zero-order valence-electron chi connectivity index (χ0n) is 19.6. The second-order valence-electron chi connectivity index (χ2n) is 9.00. The molecule has 176 valence electrons. The van der Waals surface area contributed by atoms with E-state index < -0.39 is 11.4 Å². The number of nitrogens with zero attached hydrogens (tertiary/aromatic N) is 1. The number of methoxy groups -OCH3 is 1. The monoisotopic (exact) mass is 453 g/mol. The molecule has 0 saturated carbocycles. The van der Waals surface area contributed by atoms with Gasteiger partial charge in [0.2, 0.25) is 0 Å². The van der Waals surface area contributed by atoms with Crippen molar-refractivity contribution in [2.75, 3.05) is 26.7 Å². The average molecular weight is 454 g/mol. The maximum absolute atomic E-state index is 14.3. The lowest BCUT2D eigenvalue weighted by Crippen LogP contribution is -2.44. The zero-order valence-corrected chi connectivity index (χ0v) is 19.6. The van der Waals surface area contributed by atoms with Crippen molar-refractivity contribution in [3.63, 3.8) is 0 Å². The standard InChI is InChI=1S/C27H32FNO4/c1-4-27(5-2,26(30)31)17-29-12-10-18(11-13-29)25-22-8-7-21(32-3)14-19(22)16-33-24-9-6-20(28)15-23(24)25/h6-9,14-15H,4-5,10-13,16-17H2,1-3H3,(H,30,31). The van der Waals surface area contributed by atoms with Gasteiger partial charge in [0.1, 0.15) is 23.9 Å². The van der Waals surface area contributed by atoms with Crippen molar-refractivity contribution < 1.29 is 23.8 Å². The Bertz CT molecular complexity index is 1060. The van der Waals surface area contributed by atoms with Gasteiger partial charge in [-0.2, -0.15) is 0 Å². The Kier molecular flexibility index (Phi) is 6.75. The van der Waals surface area contributed by atoms with Crippen LogP contribution in [0.3, 0.4) is 0 Å². The van der Waals surface area contributed by atoms with Gasteiger partial charge in [-0.1, -0.05) is 25.5 Å². The predicted octanol–water partition coefficient (Wildman–Crippen LogP) is 5.52.